The zero-order valence-electron chi connectivity index (χ0n) is 12.7. The number of rotatable bonds is 4. The highest BCUT2D eigenvalue weighted by Gasteiger charge is 2.12. The molecule has 0 spiro atoms. The van der Waals surface area contributed by atoms with Crippen molar-refractivity contribution in [2.24, 2.45) is 0 Å². The van der Waals surface area contributed by atoms with Gasteiger partial charge in [-0.05, 0) is 42.5 Å². The van der Waals surface area contributed by atoms with Crippen LogP contribution in [-0.2, 0) is 0 Å². The van der Waals surface area contributed by atoms with Gasteiger partial charge < -0.3 is 4.57 Å². The molecule has 0 bridgehead atoms. The number of nitriles is 1. The Morgan fingerprint density at radius 2 is 1.71 bits per heavy atom. The van der Waals surface area contributed by atoms with Crippen LogP contribution in [0.25, 0.3) is 11.8 Å². The van der Waals surface area contributed by atoms with E-state index in [0.29, 0.717) is 5.56 Å². The number of Topliss-reactive ketones (excluding diaryl/α,β-unsaturated/α-hetero) is 1. The van der Waals surface area contributed by atoms with Gasteiger partial charge in [0.15, 0.2) is 0 Å². The van der Waals surface area contributed by atoms with Gasteiger partial charge in [0.1, 0.15) is 11.6 Å². The number of allylic oxidation sites excluding steroid dienone is 1. The molecule has 3 aromatic rings. The van der Waals surface area contributed by atoms with Gasteiger partial charge in [-0.2, -0.15) is 5.26 Å². The second-order valence-electron chi connectivity index (χ2n) is 5.14. The Kier molecular flexibility index (Phi) is 4.74. The summed E-state index contributed by atoms with van der Waals surface area (Å²) in [7, 11) is 0. The quantitative estimate of drug-likeness (QED) is 0.364. The van der Waals surface area contributed by atoms with E-state index in [9.17, 15) is 10.1 Å². The van der Waals surface area contributed by atoms with Gasteiger partial charge in [0.2, 0.25) is 5.78 Å². The number of ketones is 1. The maximum absolute atomic E-state index is 12.5. The molecule has 4 heteroatoms. The number of nitrogens with zero attached hydrogens (tertiary/aromatic N) is 2. The van der Waals surface area contributed by atoms with Gasteiger partial charge in [0.25, 0.3) is 0 Å². The highest BCUT2D eigenvalue weighted by Crippen LogP contribution is 2.19. The van der Waals surface area contributed by atoms with Crippen LogP contribution in [0.3, 0.4) is 0 Å². The molecule has 1 aromatic heterocycles. The van der Waals surface area contributed by atoms with Crippen molar-refractivity contribution in [3.05, 3.63) is 94.2 Å². The molecular formula is C20H13BrN2O. The Morgan fingerprint density at radius 3 is 2.38 bits per heavy atom. The molecule has 0 saturated carbocycles. The van der Waals surface area contributed by atoms with Crippen molar-refractivity contribution in [2.75, 3.05) is 0 Å². The summed E-state index contributed by atoms with van der Waals surface area (Å²) in [6.07, 6.45) is 3.52. The standard InChI is InChI=1S/C20H13BrN2O/c21-17-8-10-18(11-9-17)23-12-4-7-19(23)13-16(14-22)20(24)15-5-2-1-3-6-15/h1-13H/b16-13+. The first-order chi connectivity index (χ1) is 11.7. The van der Waals surface area contributed by atoms with Gasteiger partial charge in [0, 0.05) is 27.6 Å². The second-order valence-corrected chi connectivity index (χ2v) is 6.06. The maximum atomic E-state index is 12.5. The lowest BCUT2D eigenvalue weighted by Crippen LogP contribution is -2.03. The van der Waals surface area contributed by atoms with E-state index >= 15 is 0 Å². The molecule has 3 rings (SSSR count). The van der Waals surface area contributed by atoms with Gasteiger partial charge in [0.05, 0.1) is 0 Å². The average molecular weight is 377 g/mol. The van der Waals surface area contributed by atoms with Crippen molar-refractivity contribution in [2.45, 2.75) is 0 Å². The number of benzene rings is 2. The Bertz CT molecular complexity index is 932. The van der Waals surface area contributed by atoms with E-state index in [-0.39, 0.29) is 11.4 Å². The average Bonchev–Trinajstić information content (AvgIpc) is 3.08. The Morgan fingerprint density at radius 1 is 1.00 bits per heavy atom. The SMILES string of the molecule is N#C/C(=C\c1cccn1-c1ccc(Br)cc1)C(=O)c1ccccc1. The lowest BCUT2D eigenvalue weighted by molar-refractivity contribution is 0.104. The number of hydrogen-bond donors (Lipinski definition) is 0. The van der Waals surface area contributed by atoms with Gasteiger partial charge >= 0.3 is 0 Å². The van der Waals surface area contributed by atoms with Crippen molar-refractivity contribution in [3.8, 4) is 11.8 Å². The van der Waals surface area contributed by atoms with E-state index in [0.717, 1.165) is 15.9 Å². The molecule has 0 saturated heterocycles. The molecular weight excluding hydrogens is 364 g/mol. The van der Waals surface area contributed by atoms with E-state index in [2.05, 4.69) is 15.9 Å². The van der Waals surface area contributed by atoms with Crippen LogP contribution in [0.1, 0.15) is 16.1 Å². The minimum atomic E-state index is -0.276. The van der Waals surface area contributed by atoms with Gasteiger partial charge in [-0.1, -0.05) is 46.3 Å². The molecule has 0 fully saturated rings. The summed E-state index contributed by atoms with van der Waals surface area (Å²) in [6, 6.07) is 22.4. The number of hydrogen-bond acceptors (Lipinski definition) is 2. The van der Waals surface area contributed by atoms with E-state index in [1.54, 1.807) is 30.3 Å². The molecule has 0 amide bonds. The summed E-state index contributed by atoms with van der Waals surface area (Å²) in [5.41, 5.74) is 2.35. The second kappa shape index (κ2) is 7.12. The number of aromatic nitrogens is 1. The Hall–Kier alpha value is -2.90. The first kappa shape index (κ1) is 16.0. The summed E-state index contributed by atoms with van der Waals surface area (Å²) in [5.74, 6) is -0.276. The third-order valence-corrected chi connectivity index (χ3v) is 4.11. The van der Waals surface area contributed by atoms with E-state index in [1.807, 2.05) is 59.3 Å². The van der Waals surface area contributed by atoms with Crippen molar-refractivity contribution >= 4 is 27.8 Å². The molecule has 0 aliphatic heterocycles. The summed E-state index contributed by atoms with van der Waals surface area (Å²) in [5, 5.41) is 9.40. The number of carbonyl (C=O) groups excluding carboxylic acids is 1. The molecule has 2 aromatic carbocycles. The topological polar surface area (TPSA) is 45.8 Å². The fourth-order valence-corrected chi connectivity index (χ4v) is 2.65. The van der Waals surface area contributed by atoms with Gasteiger partial charge in [-0.3, -0.25) is 4.79 Å². The summed E-state index contributed by atoms with van der Waals surface area (Å²) in [4.78, 5) is 12.5. The van der Waals surface area contributed by atoms with Crippen LogP contribution in [0.15, 0.2) is 83.0 Å². The maximum Gasteiger partial charge on any atom is 0.203 e. The smallest absolute Gasteiger partial charge is 0.203 e. The fraction of sp³-hybridized carbons (Fsp3) is 0. The van der Waals surface area contributed by atoms with E-state index in [4.69, 9.17) is 0 Å². The molecule has 0 N–H and O–H groups in total. The predicted molar refractivity (Wildman–Crippen MR) is 97.8 cm³/mol. The predicted octanol–water partition coefficient (Wildman–Crippen LogP) is 5.03. The van der Waals surface area contributed by atoms with Crippen molar-refractivity contribution in [1.29, 1.82) is 5.26 Å². The molecule has 116 valence electrons. The van der Waals surface area contributed by atoms with Crippen LogP contribution < -0.4 is 0 Å². The lowest BCUT2D eigenvalue weighted by atomic mass is 10.0. The number of carbonyl (C=O) groups is 1. The van der Waals surface area contributed by atoms with Crippen LogP contribution in [0.5, 0.6) is 0 Å². The lowest BCUT2D eigenvalue weighted by Gasteiger charge is -2.07. The molecule has 1 heterocycles. The van der Waals surface area contributed by atoms with E-state index in [1.165, 1.54) is 0 Å². The third-order valence-electron chi connectivity index (χ3n) is 3.58. The zero-order chi connectivity index (χ0) is 16.9. The van der Waals surface area contributed by atoms with Gasteiger partial charge in [-0.25, -0.2) is 0 Å². The first-order valence-corrected chi connectivity index (χ1v) is 8.13. The van der Waals surface area contributed by atoms with Crippen molar-refractivity contribution in [3.63, 3.8) is 0 Å². The summed E-state index contributed by atoms with van der Waals surface area (Å²) >= 11 is 3.41. The number of halogens is 1. The monoisotopic (exact) mass is 376 g/mol. The molecule has 3 nitrogen and oxygen atoms in total. The Labute approximate surface area is 148 Å². The van der Waals surface area contributed by atoms with Crippen LogP contribution in [0.2, 0.25) is 0 Å². The van der Waals surface area contributed by atoms with Crippen molar-refractivity contribution in [1.82, 2.24) is 4.57 Å². The van der Waals surface area contributed by atoms with Crippen LogP contribution in [0.4, 0.5) is 0 Å². The fourth-order valence-electron chi connectivity index (χ4n) is 2.39. The van der Waals surface area contributed by atoms with Crippen molar-refractivity contribution < 1.29 is 4.79 Å². The normalized spacial score (nSPS) is 11.1. The highest BCUT2D eigenvalue weighted by atomic mass is 79.9. The first-order valence-electron chi connectivity index (χ1n) is 7.34. The van der Waals surface area contributed by atoms with Crippen LogP contribution in [-0.4, -0.2) is 10.4 Å². The highest BCUT2D eigenvalue weighted by molar-refractivity contribution is 9.10. The zero-order valence-corrected chi connectivity index (χ0v) is 14.3. The molecule has 24 heavy (non-hydrogen) atoms. The summed E-state index contributed by atoms with van der Waals surface area (Å²) in [6.45, 7) is 0. The molecule has 0 unspecified atom stereocenters. The molecule has 0 radical (unpaired) electrons. The van der Waals surface area contributed by atoms with Gasteiger partial charge in [-0.15, -0.1) is 0 Å². The molecule has 0 aliphatic carbocycles. The summed E-state index contributed by atoms with van der Waals surface area (Å²) < 4.78 is 2.93. The van der Waals surface area contributed by atoms with Crippen LogP contribution in [0, 0.1) is 11.3 Å². The largest absolute Gasteiger partial charge is 0.317 e. The minimum Gasteiger partial charge on any atom is -0.317 e. The Balaban J connectivity index is 1.99. The minimum absolute atomic E-state index is 0.110. The molecule has 0 aliphatic rings. The molecule has 0 atom stereocenters. The van der Waals surface area contributed by atoms with Crippen LogP contribution >= 0.6 is 15.9 Å². The van der Waals surface area contributed by atoms with E-state index < -0.39 is 0 Å². The third kappa shape index (κ3) is 3.37.